The first kappa shape index (κ1) is 71.2. The van der Waals surface area contributed by atoms with Crippen LogP contribution in [0, 0.1) is 16.2 Å². The molecular formula is C69H104O13. The van der Waals surface area contributed by atoms with Gasteiger partial charge in [0.05, 0.1) is 43.9 Å². The molecule has 0 unspecified atom stereocenters. The average molecular weight is 1140 g/mol. The number of aliphatic hydroxyl groups is 3. The van der Waals surface area contributed by atoms with E-state index in [4.69, 9.17) is 18.9 Å². The number of benzene rings is 3. The van der Waals surface area contributed by atoms with Gasteiger partial charge < -0.3 is 34.3 Å². The molecule has 82 heavy (non-hydrogen) atoms. The van der Waals surface area contributed by atoms with Crippen molar-refractivity contribution in [2.45, 2.75) is 219 Å². The molecule has 0 saturated heterocycles. The van der Waals surface area contributed by atoms with Crippen LogP contribution in [0.4, 0.5) is 0 Å². The number of carbonyl (C=O) groups excluding carboxylic acids is 6. The number of esters is 3. The molecule has 0 amide bonds. The third kappa shape index (κ3) is 26.7. The maximum Gasteiger partial charge on any atom is 0.336 e. The average Bonchev–Trinajstić information content (AvgIpc) is 3.59. The van der Waals surface area contributed by atoms with Crippen molar-refractivity contribution in [1.82, 2.24) is 0 Å². The fourth-order valence-electron chi connectivity index (χ4n) is 10.2. The van der Waals surface area contributed by atoms with E-state index in [1.165, 1.54) is 214 Å². The molecule has 0 fully saturated rings. The summed E-state index contributed by atoms with van der Waals surface area (Å²) in [6.07, 6.45) is 36.0. The normalized spacial score (nSPS) is 11.8. The third-order valence-corrected chi connectivity index (χ3v) is 15.8. The molecule has 0 saturated carbocycles. The van der Waals surface area contributed by atoms with Crippen molar-refractivity contribution in [3.8, 4) is 0 Å². The summed E-state index contributed by atoms with van der Waals surface area (Å²) in [6, 6.07) is 22.3. The largest absolute Gasteiger partial charge is 0.465 e. The number of carbonyl (C=O) groups is 6. The number of hydrogen-bond donors (Lipinski definition) is 3. The first-order chi connectivity index (χ1) is 40.0. The molecule has 3 N–H and O–H groups in total. The molecule has 0 aliphatic heterocycles. The van der Waals surface area contributed by atoms with E-state index in [-0.39, 0.29) is 42.7 Å². The minimum atomic E-state index is -3.10. The van der Waals surface area contributed by atoms with Gasteiger partial charge in [0.15, 0.2) is 17.3 Å². The van der Waals surface area contributed by atoms with Crippen LogP contribution in [-0.4, -0.2) is 103 Å². The summed E-state index contributed by atoms with van der Waals surface area (Å²) < 4.78 is 23.3. The van der Waals surface area contributed by atoms with Crippen LogP contribution in [0.5, 0.6) is 0 Å². The van der Waals surface area contributed by atoms with E-state index < -0.39 is 91.1 Å². The van der Waals surface area contributed by atoms with Crippen LogP contribution in [-0.2, 0) is 33.3 Å². The Balaban J connectivity index is 1.67. The maximum atomic E-state index is 14.8. The summed E-state index contributed by atoms with van der Waals surface area (Å²) in [5.41, 5.74) is -6.70. The minimum Gasteiger partial charge on any atom is -0.465 e. The van der Waals surface area contributed by atoms with Gasteiger partial charge in [-0.1, -0.05) is 285 Å². The molecule has 3 rings (SSSR count). The van der Waals surface area contributed by atoms with Crippen molar-refractivity contribution in [3.05, 3.63) is 108 Å². The lowest BCUT2D eigenvalue weighted by Gasteiger charge is -2.35. The minimum absolute atomic E-state index is 0.113. The standard InChI is InChI=1S/C69H104O13/c1-3-5-7-9-11-13-15-17-19-21-23-25-27-29-40-48-61(73)80-56-68(52-72,57-81-62(74)49-41-30-28-26-24-22-20-18-16-14-12-10-8-6-4-2)54-79-53-67(50-70,51-71)55-82-66(78)69(63(75)58-42-34-31-35-43-58,64(76)59-44-36-32-37-45-59)65(77)60-46-38-33-39-47-60/h31-39,42-47,70-72H,3-30,40-41,48-57H2,1-2H3. The Hall–Kier alpha value is -5.08. The van der Waals surface area contributed by atoms with Gasteiger partial charge in [0, 0.05) is 29.5 Å². The molecule has 0 atom stereocenters. The fourth-order valence-corrected chi connectivity index (χ4v) is 10.2. The topological polar surface area (TPSA) is 200 Å². The van der Waals surface area contributed by atoms with E-state index in [0.717, 1.165) is 38.5 Å². The Morgan fingerprint density at radius 1 is 0.329 bits per heavy atom. The molecule has 3 aromatic carbocycles. The van der Waals surface area contributed by atoms with Crippen LogP contribution in [0.1, 0.15) is 250 Å². The summed E-state index contributed by atoms with van der Waals surface area (Å²) in [7, 11) is 0. The lowest BCUT2D eigenvalue weighted by atomic mass is 9.69. The third-order valence-electron chi connectivity index (χ3n) is 15.8. The Kier molecular flexibility index (Phi) is 37.8. The second-order valence-electron chi connectivity index (χ2n) is 23.1. The second kappa shape index (κ2) is 43.5. The van der Waals surface area contributed by atoms with Gasteiger partial charge in [0.1, 0.15) is 19.8 Å². The van der Waals surface area contributed by atoms with E-state index in [1.54, 1.807) is 18.2 Å². The predicted octanol–water partition coefficient (Wildman–Crippen LogP) is 14.7. The van der Waals surface area contributed by atoms with Crippen LogP contribution < -0.4 is 0 Å². The van der Waals surface area contributed by atoms with Crippen LogP contribution in [0.3, 0.4) is 0 Å². The quantitative estimate of drug-likeness (QED) is 0.0159. The number of rotatable bonds is 52. The SMILES string of the molecule is CCCCCCCCCCCCCCCCCC(=O)OCC(CO)(COCC(CO)(CO)COC(=O)C(C(=O)c1ccccc1)(C(=O)c1ccccc1)C(=O)c1ccccc1)COC(=O)CCCCCCCCCCCCCCCCC. The molecule has 0 aliphatic carbocycles. The van der Waals surface area contributed by atoms with E-state index in [2.05, 4.69) is 13.8 Å². The van der Waals surface area contributed by atoms with Gasteiger partial charge in [0.25, 0.3) is 5.41 Å². The summed E-state index contributed by atoms with van der Waals surface area (Å²) in [5, 5.41) is 32.6. The lowest BCUT2D eigenvalue weighted by Crippen LogP contribution is -2.54. The van der Waals surface area contributed by atoms with Crippen LogP contribution in [0.15, 0.2) is 91.0 Å². The summed E-state index contributed by atoms with van der Waals surface area (Å²) in [6.45, 7) is -0.348. The van der Waals surface area contributed by atoms with E-state index in [0.29, 0.717) is 12.8 Å². The van der Waals surface area contributed by atoms with Gasteiger partial charge >= 0.3 is 17.9 Å². The first-order valence-electron chi connectivity index (χ1n) is 31.7. The maximum absolute atomic E-state index is 14.8. The van der Waals surface area contributed by atoms with Crippen molar-refractivity contribution in [1.29, 1.82) is 0 Å². The molecule has 0 radical (unpaired) electrons. The highest BCUT2D eigenvalue weighted by Crippen LogP contribution is 2.36. The van der Waals surface area contributed by atoms with Crippen molar-refractivity contribution in [2.75, 3.05) is 52.9 Å². The fraction of sp³-hybridized carbons (Fsp3) is 0.652. The van der Waals surface area contributed by atoms with Gasteiger partial charge in [-0.05, 0) is 12.8 Å². The lowest BCUT2D eigenvalue weighted by molar-refractivity contribution is -0.165. The number of ketones is 3. The molecule has 13 nitrogen and oxygen atoms in total. The highest BCUT2D eigenvalue weighted by atomic mass is 16.6. The highest BCUT2D eigenvalue weighted by Gasteiger charge is 2.61. The molecular weight excluding hydrogens is 1040 g/mol. The summed E-state index contributed by atoms with van der Waals surface area (Å²) in [5.74, 6) is -5.88. The molecule has 0 aromatic heterocycles. The van der Waals surface area contributed by atoms with Crippen molar-refractivity contribution in [2.24, 2.45) is 16.2 Å². The van der Waals surface area contributed by atoms with Gasteiger partial charge in [-0.3, -0.25) is 24.0 Å². The number of ether oxygens (including phenoxy) is 4. The van der Waals surface area contributed by atoms with Gasteiger partial charge in [-0.25, -0.2) is 4.79 Å². The number of aliphatic hydroxyl groups excluding tert-OH is 3. The van der Waals surface area contributed by atoms with E-state index >= 15 is 0 Å². The Bertz CT molecular complexity index is 2000. The molecule has 3 aromatic rings. The van der Waals surface area contributed by atoms with Crippen molar-refractivity contribution in [3.63, 3.8) is 0 Å². The molecule has 0 spiro atoms. The number of Topliss-reactive ketones (excluding diaryl/α,β-unsaturated/α-hetero) is 3. The van der Waals surface area contributed by atoms with Crippen molar-refractivity contribution < 1.29 is 63.0 Å². The Morgan fingerprint density at radius 3 is 0.866 bits per heavy atom. The second-order valence-corrected chi connectivity index (χ2v) is 23.1. The molecule has 13 heteroatoms. The first-order valence-corrected chi connectivity index (χ1v) is 31.7. The number of hydrogen-bond acceptors (Lipinski definition) is 13. The highest BCUT2D eigenvalue weighted by molar-refractivity contribution is 6.45. The Labute approximate surface area is 492 Å². The Morgan fingerprint density at radius 2 is 0.585 bits per heavy atom. The molecule has 0 heterocycles. The van der Waals surface area contributed by atoms with Crippen LogP contribution in [0.2, 0.25) is 0 Å². The molecule has 0 aliphatic rings. The number of unbranched alkanes of at least 4 members (excludes halogenated alkanes) is 28. The monoisotopic (exact) mass is 1140 g/mol. The zero-order valence-corrected chi connectivity index (χ0v) is 50.4. The molecule has 0 bridgehead atoms. The zero-order chi connectivity index (χ0) is 59.4. The van der Waals surface area contributed by atoms with Crippen molar-refractivity contribution >= 4 is 35.3 Å². The predicted molar refractivity (Wildman–Crippen MR) is 324 cm³/mol. The zero-order valence-electron chi connectivity index (χ0n) is 50.4. The van der Waals surface area contributed by atoms with Gasteiger partial charge in [0.2, 0.25) is 0 Å². The summed E-state index contributed by atoms with van der Waals surface area (Å²) in [4.78, 5) is 85.4. The van der Waals surface area contributed by atoms with E-state index in [9.17, 15) is 44.1 Å². The van der Waals surface area contributed by atoms with Crippen LogP contribution in [0.25, 0.3) is 0 Å². The molecule has 458 valence electrons. The van der Waals surface area contributed by atoms with Gasteiger partial charge in [-0.2, -0.15) is 0 Å². The van der Waals surface area contributed by atoms with E-state index in [1.807, 2.05) is 0 Å². The van der Waals surface area contributed by atoms with Crippen LogP contribution >= 0.6 is 0 Å². The summed E-state index contributed by atoms with van der Waals surface area (Å²) >= 11 is 0. The van der Waals surface area contributed by atoms with Gasteiger partial charge in [-0.15, -0.1) is 0 Å². The smallest absolute Gasteiger partial charge is 0.336 e.